The summed E-state index contributed by atoms with van der Waals surface area (Å²) in [5, 5.41) is 12.2. The fraction of sp³-hybridized carbons (Fsp3) is 0.200. The Morgan fingerprint density at radius 2 is 2.42 bits per heavy atom. The first-order valence-corrected chi connectivity index (χ1v) is 3.58. The minimum atomic E-state index is 0.764. The summed E-state index contributed by atoms with van der Waals surface area (Å²) < 4.78 is 2.61. The van der Waals surface area contributed by atoms with Gasteiger partial charge in [0.25, 0.3) is 0 Å². The van der Waals surface area contributed by atoms with Gasteiger partial charge in [-0.25, -0.2) is 0 Å². The minimum Gasteiger partial charge on any atom is -0.337 e. The third-order valence-electron chi connectivity index (χ3n) is 1.09. The first-order valence-electron chi connectivity index (χ1n) is 3.17. The fourth-order valence-electron chi connectivity index (χ4n) is 0.519. The summed E-state index contributed by atoms with van der Waals surface area (Å²) >= 11 is 4.79. The van der Waals surface area contributed by atoms with Crippen LogP contribution in [0, 0.1) is 4.77 Å². The average molecular weight is 184 g/mol. The number of hydrogen-bond donors (Lipinski definition) is 2. The quantitative estimate of drug-likeness (QED) is 0.577. The Hall–Kier alpha value is -1.50. The van der Waals surface area contributed by atoms with Crippen molar-refractivity contribution in [1.29, 1.82) is 0 Å². The number of nitrogens with zero attached hydrogens (tertiary/aromatic N) is 4. The van der Waals surface area contributed by atoms with Gasteiger partial charge in [0, 0.05) is 19.4 Å². The maximum Gasteiger partial charge on any atom is 0.176 e. The number of rotatable bonds is 0. The second kappa shape index (κ2) is 4.39. The summed E-state index contributed by atoms with van der Waals surface area (Å²) in [6.45, 7) is 0. The van der Waals surface area contributed by atoms with Crippen LogP contribution in [0.3, 0.4) is 0 Å². The van der Waals surface area contributed by atoms with Crippen molar-refractivity contribution in [2.24, 2.45) is 7.05 Å². The maximum absolute atomic E-state index is 4.79. The van der Waals surface area contributed by atoms with Gasteiger partial charge in [-0.3, -0.25) is 0 Å². The summed E-state index contributed by atoms with van der Waals surface area (Å²) in [6.07, 6.45) is 5.02. The Kier molecular flexibility index (Phi) is 3.15. The van der Waals surface area contributed by atoms with Gasteiger partial charge in [0.05, 0.1) is 0 Å². The van der Waals surface area contributed by atoms with E-state index in [1.165, 1.54) is 6.33 Å². The van der Waals surface area contributed by atoms with Crippen LogP contribution >= 0.6 is 12.2 Å². The Labute approximate surface area is 73.6 Å². The minimum absolute atomic E-state index is 0.764. The van der Waals surface area contributed by atoms with Gasteiger partial charge < -0.3 is 9.55 Å². The Morgan fingerprint density at radius 1 is 1.58 bits per heavy atom. The predicted octanol–water partition coefficient (Wildman–Crippen LogP) is 0.282. The molecule has 0 bridgehead atoms. The van der Waals surface area contributed by atoms with E-state index in [2.05, 4.69) is 25.6 Å². The van der Waals surface area contributed by atoms with Gasteiger partial charge >= 0.3 is 0 Å². The fourth-order valence-corrected chi connectivity index (χ4v) is 0.648. The summed E-state index contributed by atoms with van der Waals surface area (Å²) in [7, 11) is 1.90. The Morgan fingerprint density at radius 3 is 2.58 bits per heavy atom. The van der Waals surface area contributed by atoms with E-state index in [4.69, 9.17) is 12.2 Å². The normalized spacial score (nSPS) is 8.75. The van der Waals surface area contributed by atoms with Crippen molar-refractivity contribution in [2.75, 3.05) is 0 Å². The van der Waals surface area contributed by atoms with E-state index in [-0.39, 0.29) is 0 Å². The smallest absolute Gasteiger partial charge is 0.176 e. The van der Waals surface area contributed by atoms with Crippen molar-refractivity contribution in [3.8, 4) is 0 Å². The molecule has 2 aromatic heterocycles. The van der Waals surface area contributed by atoms with E-state index >= 15 is 0 Å². The molecule has 2 heterocycles. The molecule has 0 aliphatic rings. The molecule has 0 aliphatic heterocycles. The van der Waals surface area contributed by atoms with Crippen LogP contribution < -0.4 is 0 Å². The molecule has 7 heteroatoms. The zero-order valence-corrected chi connectivity index (χ0v) is 7.25. The molecule has 0 spiro atoms. The molecule has 2 aromatic rings. The Bertz CT molecular complexity index is 329. The lowest BCUT2D eigenvalue weighted by Crippen LogP contribution is -1.81. The van der Waals surface area contributed by atoms with E-state index in [1.54, 1.807) is 0 Å². The molecule has 0 amide bonds. The molecule has 64 valence electrons. The number of H-pyrrole nitrogens is 2. The van der Waals surface area contributed by atoms with Crippen LogP contribution in [0.25, 0.3) is 0 Å². The molecular weight excluding hydrogens is 176 g/mol. The first-order chi connectivity index (χ1) is 5.80. The number of tetrazole rings is 1. The molecule has 0 atom stereocenters. The lowest BCUT2D eigenvalue weighted by atomic mass is 10.9. The van der Waals surface area contributed by atoms with Crippen LogP contribution in [0.2, 0.25) is 0 Å². The molecule has 0 radical (unpaired) electrons. The van der Waals surface area contributed by atoms with Crippen LogP contribution in [0.4, 0.5) is 0 Å². The van der Waals surface area contributed by atoms with Crippen LogP contribution in [0.1, 0.15) is 0 Å². The van der Waals surface area contributed by atoms with Crippen molar-refractivity contribution in [2.45, 2.75) is 0 Å². The number of nitrogens with one attached hydrogen (secondary N) is 2. The van der Waals surface area contributed by atoms with Gasteiger partial charge in [-0.05, 0) is 12.2 Å². The molecule has 2 N–H and O–H groups in total. The molecule has 0 saturated heterocycles. The van der Waals surface area contributed by atoms with E-state index < -0.39 is 0 Å². The maximum atomic E-state index is 4.79. The molecule has 2 rings (SSSR count). The third-order valence-corrected chi connectivity index (χ3v) is 1.50. The number of imidazole rings is 1. The van der Waals surface area contributed by atoms with Crippen LogP contribution in [-0.4, -0.2) is 30.2 Å². The van der Waals surface area contributed by atoms with Crippen molar-refractivity contribution in [3.63, 3.8) is 0 Å². The van der Waals surface area contributed by atoms with Crippen molar-refractivity contribution >= 4 is 12.2 Å². The average Bonchev–Trinajstić information content (AvgIpc) is 2.67. The van der Waals surface area contributed by atoms with Crippen LogP contribution in [0.15, 0.2) is 18.7 Å². The van der Waals surface area contributed by atoms with Crippen LogP contribution in [-0.2, 0) is 7.05 Å². The monoisotopic (exact) mass is 184 g/mol. The number of hydrogen-bond acceptors (Lipinski definition) is 4. The largest absolute Gasteiger partial charge is 0.337 e. The zero-order valence-electron chi connectivity index (χ0n) is 6.43. The summed E-state index contributed by atoms with van der Waals surface area (Å²) in [4.78, 5) is 2.85. The summed E-state index contributed by atoms with van der Waals surface area (Å²) in [5.41, 5.74) is 0. The van der Waals surface area contributed by atoms with E-state index in [1.807, 2.05) is 24.0 Å². The van der Waals surface area contributed by atoms with Gasteiger partial charge in [-0.1, -0.05) is 5.21 Å². The van der Waals surface area contributed by atoms with Gasteiger partial charge in [-0.2, -0.15) is 5.21 Å². The SMILES string of the molecule is Cn1cc[nH]c1=S.c1nn[nH]n1. The number of aromatic amines is 2. The summed E-state index contributed by atoms with van der Waals surface area (Å²) in [5.74, 6) is 0. The van der Waals surface area contributed by atoms with E-state index in [9.17, 15) is 0 Å². The second-order valence-corrected chi connectivity index (χ2v) is 2.32. The lowest BCUT2D eigenvalue weighted by molar-refractivity contribution is 0.881. The highest BCUT2D eigenvalue weighted by Crippen LogP contribution is 1.81. The van der Waals surface area contributed by atoms with Gasteiger partial charge in [-0.15, -0.1) is 10.2 Å². The highest BCUT2D eigenvalue weighted by molar-refractivity contribution is 7.71. The van der Waals surface area contributed by atoms with Crippen molar-refractivity contribution < 1.29 is 0 Å². The van der Waals surface area contributed by atoms with Gasteiger partial charge in [0.2, 0.25) is 0 Å². The third kappa shape index (κ3) is 2.62. The van der Waals surface area contributed by atoms with Crippen molar-refractivity contribution in [3.05, 3.63) is 23.5 Å². The number of aromatic nitrogens is 6. The molecule has 0 aromatic carbocycles. The summed E-state index contributed by atoms with van der Waals surface area (Å²) in [6, 6.07) is 0. The molecular formula is C5H8N6S. The number of aryl methyl sites for hydroxylation is 1. The first kappa shape index (κ1) is 8.60. The Balaban J connectivity index is 0.000000127. The zero-order chi connectivity index (χ0) is 8.81. The highest BCUT2D eigenvalue weighted by Gasteiger charge is 1.76. The van der Waals surface area contributed by atoms with Gasteiger partial charge in [0.1, 0.15) is 0 Å². The van der Waals surface area contributed by atoms with Crippen LogP contribution in [0.5, 0.6) is 0 Å². The molecule has 0 unspecified atom stereocenters. The topological polar surface area (TPSA) is 75.2 Å². The van der Waals surface area contributed by atoms with E-state index in [0.717, 1.165) is 4.77 Å². The van der Waals surface area contributed by atoms with Crippen molar-refractivity contribution in [1.82, 2.24) is 30.2 Å². The second-order valence-electron chi connectivity index (χ2n) is 1.94. The molecule has 0 saturated carbocycles. The van der Waals surface area contributed by atoms with Gasteiger partial charge in [0.15, 0.2) is 11.1 Å². The lowest BCUT2D eigenvalue weighted by Gasteiger charge is -1.79. The van der Waals surface area contributed by atoms with E-state index in [0.29, 0.717) is 0 Å². The molecule has 0 aliphatic carbocycles. The molecule has 0 fully saturated rings. The molecule has 12 heavy (non-hydrogen) atoms. The standard InChI is InChI=1S/C4H6N2S.CH2N4/c1-6-3-2-5-4(6)7;1-2-4-5-3-1/h2-3H,1H3,(H,5,7);1H,(H,2,3,4,5). The highest BCUT2D eigenvalue weighted by atomic mass is 32.1. The molecule has 6 nitrogen and oxygen atoms in total. The predicted molar refractivity (Wildman–Crippen MR) is 44.8 cm³/mol.